The molecule has 1 aliphatic rings. The van der Waals surface area contributed by atoms with Gasteiger partial charge in [0.1, 0.15) is 0 Å². The summed E-state index contributed by atoms with van der Waals surface area (Å²) >= 11 is 0. The second kappa shape index (κ2) is 6.53. The topological polar surface area (TPSA) is 106 Å². The monoisotopic (exact) mass is 327 g/mol. The van der Waals surface area contributed by atoms with E-state index in [0.717, 1.165) is 6.42 Å². The van der Waals surface area contributed by atoms with E-state index in [0.29, 0.717) is 24.5 Å². The summed E-state index contributed by atoms with van der Waals surface area (Å²) in [6, 6.07) is 4.51. The van der Waals surface area contributed by atoms with Gasteiger partial charge >= 0.3 is 0 Å². The quantitative estimate of drug-likeness (QED) is 0.621. The van der Waals surface area contributed by atoms with E-state index in [1.54, 1.807) is 6.07 Å². The molecule has 1 heterocycles. The smallest absolute Gasteiger partial charge is 0.243 e. The number of benzene rings is 1. The van der Waals surface area contributed by atoms with Gasteiger partial charge in [0.25, 0.3) is 0 Å². The van der Waals surface area contributed by atoms with E-state index in [1.165, 1.54) is 30.7 Å². The molecule has 0 amide bonds. The van der Waals surface area contributed by atoms with Crippen molar-refractivity contribution in [1.82, 2.24) is 4.31 Å². The molecule has 0 saturated carbocycles. The highest BCUT2D eigenvalue weighted by Crippen LogP contribution is 2.31. The highest BCUT2D eigenvalue weighted by atomic mass is 32.2. The van der Waals surface area contributed by atoms with Crippen molar-refractivity contribution in [1.29, 1.82) is 5.41 Å². The first-order valence-electron chi connectivity index (χ1n) is 6.96. The zero-order valence-corrected chi connectivity index (χ0v) is 13.5. The van der Waals surface area contributed by atoms with Crippen LogP contribution in [0.15, 0.2) is 23.1 Å². The molecule has 1 saturated heterocycles. The molecule has 1 atom stereocenters. The van der Waals surface area contributed by atoms with Crippen LogP contribution >= 0.6 is 0 Å². The van der Waals surface area contributed by atoms with E-state index in [2.05, 4.69) is 0 Å². The Hall–Kier alpha value is -1.80. The molecule has 8 heteroatoms. The number of hydrogen-bond donors (Lipinski definition) is 2. The lowest BCUT2D eigenvalue weighted by atomic mass is 9.99. The van der Waals surface area contributed by atoms with Crippen LogP contribution < -0.4 is 15.2 Å². The second-order valence-electron chi connectivity index (χ2n) is 5.17. The van der Waals surface area contributed by atoms with Crippen LogP contribution in [0.5, 0.6) is 11.5 Å². The van der Waals surface area contributed by atoms with Gasteiger partial charge in [0.15, 0.2) is 11.5 Å². The summed E-state index contributed by atoms with van der Waals surface area (Å²) in [4.78, 5) is 0.148. The van der Waals surface area contributed by atoms with Crippen molar-refractivity contribution in [2.24, 2.45) is 11.7 Å². The first kappa shape index (κ1) is 16.6. The molecule has 1 aliphatic heterocycles. The molecule has 122 valence electrons. The molecule has 0 bridgehead atoms. The highest BCUT2D eigenvalue weighted by Gasteiger charge is 2.31. The van der Waals surface area contributed by atoms with Crippen LogP contribution in [-0.4, -0.2) is 45.9 Å². The lowest BCUT2D eigenvalue weighted by Crippen LogP contribution is -2.43. The van der Waals surface area contributed by atoms with Gasteiger partial charge in [-0.3, -0.25) is 5.41 Å². The highest BCUT2D eigenvalue weighted by molar-refractivity contribution is 7.89. The zero-order chi connectivity index (χ0) is 16.3. The lowest BCUT2D eigenvalue weighted by molar-refractivity contribution is 0.310. The summed E-state index contributed by atoms with van der Waals surface area (Å²) in [7, 11) is -0.687. The third-order valence-electron chi connectivity index (χ3n) is 3.82. The van der Waals surface area contributed by atoms with Gasteiger partial charge in [-0.25, -0.2) is 8.42 Å². The Morgan fingerprint density at radius 3 is 2.59 bits per heavy atom. The summed E-state index contributed by atoms with van der Waals surface area (Å²) in [6.45, 7) is 0.673. The van der Waals surface area contributed by atoms with Crippen LogP contribution in [0.3, 0.4) is 0 Å². The number of hydrogen-bond acceptors (Lipinski definition) is 5. The summed E-state index contributed by atoms with van der Waals surface area (Å²) in [5.74, 6) is 0.654. The van der Waals surface area contributed by atoms with Gasteiger partial charge in [-0.1, -0.05) is 0 Å². The molecular weight excluding hydrogens is 306 g/mol. The molecule has 7 nitrogen and oxygen atoms in total. The molecule has 1 fully saturated rings. The number of sulfonamides is 1. The Bertz CT molecular complexity index is 660. The number of methoxy groups -OCH3 is 2. The van der Waals surface area contributed by atoms with E-state index in [-0.39, 0.29) is 23.2 Å². The van der Waals surface area contributed by atoms with E-state index in [1.807, 2.05) is 0 Å². The molecule has 1 aromatic rings. The summed E-state index contributed by atoms with van der Waals surface area (Å²) in [5.41, 5.74) is 5.52. The normalized spacial score (nSPS) is 19.6. The minimum atomic E-state index is -3.64. The summed E-state index contributed by atoms with van der Waals surface area (Å²) < 4.78 is 37.1. The molecule has 3 N–H and O–H groups in total. The van der Waals surface area contributed by atoms with Crippen molar-refractivity contribution in [3.63, 3.8) is 0 Å². The fraction of sp³-hybridized carbons (Fsp3) is 0.500. The average molecular weight is 327 g/mol. The molecule has 1 aromatic carbocycles. The third kappa shape index (κ3) is 3.17. The van der Waals surface area contributed by atoms with Crippen molar-refractivity contribution >= 4 is 15.9 Å². The predicted octanol–water partition coefficient (Wildman–Crippen LogP) is 1.04. The van der Waals surface area contributed by atoms with Crippen molar-refractivity contribution in [3.8, 4) is 11.5 Å². The lowest BCUT2D eigenvalue weighted by Gasteiger charge is -2.31. The standard InChI is InChI=1S/C14H21N3O4S/c1-20-12-6-5-11(8-13(12)21-2)22(18,19)17-7-3-4-10(9-17)14(15)16/h5-6,8,10H,3-4,7,9H2,1-2H3,(H3,15,16)/t10-/m0/s1. The van der Waals surface area contributed by atoms with Gasteiger partial charge in [-0.15, -0.1) is 0 Å². The maximum atomic E-state index is 12.7. The fourth-order valence-electron chi connectivity index (χ4n) is 2.54. The summed E-state index contributed by atoms with van der Waals surface area (Å²) in [6.07, 6.45) is 1.43. The largest absolute Gasteiger partial charge is 0.493 e. The van der Waals surface area contributed by atoms with Crippen LogP contribution in [0, 0.1) is 11.3 Å². The number of ether oxygens (including phenoxy) is 2. The number of nitrogens with one attached hydrogen (secondary N) is 1. The Balaban J connectivity index is 2.32. The van der Waals surface area contributed by atoms with Crippen molar-refractivity contribution in [3.05, 3.63) is 18.2 Å². The van der Waals surface area contributed by atoms with Gasteiger partial charge in [0.2, 0.25) is 10.0 Å². The van der Waals surface area contributed by atoms with Crippen LogP contribution in [-0.2, 0) is 10.0 Å². The Morgan fingerprint density at radius 1 is 1.32 bits per heavy atom. The molecule has 0 radical (unpaired) electrons. The van der Waals surface area contributed by atoms with Crippen molar-refractivity contribution in [2.75, 3.05) is 27.3 Å². The Morgan fingerprint density at radius 2 is 2.00 bits per heavy atom. The van der Waals surface area contributed by atoms with Crippen LogP contribution in [0.2, 0.25) is 0 Å². The number of amidine groups is 1. The number of nitrogens with two attached hydrogens (primary N) is 1. The van der Waals surface area contributed by atoms with Gasteiger partial charge in [-0.2, -0.15) is 4.31 Å². The molecule has 2 rings (SSSR count). The Kier molecular flexibility index (Phi) is 4.92. The van der Waals surface area contributed by atoms with Gasteiger partial charge in [0, 0.05) is 25.1 Å². The molecule has 0 spiro atoms. The molecule has 22 heavy (non-hydrogen) atoms. The van der Waals surface area contributed by atoms with Gasteiger partial charge in [0.05, 0.1) is 25.0 Å². The number of piperidine rings is 1. The zero-order valence-electron chi connectivity index (χ0n) is 12.7. The minimum Gasteiger partial charge on any atom is -0.493 e. The predicted molar refractivity (Wildman–Crippen MR) is 82.9 cm³/mol. The minimum absolute atomic E-state index is 0.0345. The first-order chi connectivity index (χ1) is 10.4. The summed E-state index contributed by atoms with van der Waals surface area (Å²) in [5, 5.41) is 7.52. The van der Waals surface area contributed by atoms with Gasteiger partial charge in [-0.05, 0) is 25.0 Å². The first-order valence-corrected chi connectivity index (χ1v) is 8.40. The molecule has 0 aromatic heterocycles. The maximum absolute atomic E-state index is 12.7. The van der Waals surface area contributed by atoms with Gasteiger partial charge < -0.3 is 15.2 Å². The van der Waals surface area contributed by atoms with Crippen molar-refractivity contribution < 1.29 is 17.9 Å². The van der Waals surface area contributed by atoms with E-state index < -0.39 is 10.0 Å². The van der Waals surface area contributed by atoms with Crippen LogP contribution in [0.4, 0.5) is 0 Å². The third-order valence-corrected chi connectivity index (χ3v) is 5.68. The second-order valence-corrected chi connectivity index (χ2v) is 7.11. The van der Waals surface area contributed by atoms with Crippen LogP contribution in [0.25, 0.3) is 0 Å². The number of nitrogens with zero attached hydrogens (tertiary/aromatic N) is 1. The number of rotatable bonds is 5. The fourth-order valence-corrected chi connectivity index (χ4v) is 4.08. The SMILES string of the molecule is COc1ccc(S(=O)(=O)N2CCC[C@H](C(=N)N)C2)cc1OC. The molecule has 0 unspecified atom stereocenters. The van der Waals surface area contributed by atoms with E-state index >= 15 is 0 Å². The van der Waals surface area contributed by atoms with Crippen LogP contribution in [0.1, 0.15) is 12.8 Å². The Labute approximate surface area is 130 Å². The maximum Gasteiger partial charge on any atom is 0.243 e. The van der Waals surface area contributed by atoms with Crippen molar-refractivity contribution in [2.45, 2.75) is 17.7 Å². The molecule has 0 aliphatic carbocycles. The van der Waals surface area contributed by atoms with E-state index in [4.69, 9.17) is 20.6 Å². The average Bonchev–Trinajstić information content (AvgIpc) is 2.54. The van der Waals surface area contributed by atoms with E-state index in [9.17, 15) is 8.42 Å². The molecular formula is C14H21N3O4S.